The molecule has 1 aliphatic heterocycles. The van der Waals surface area contributed by atoms with Crippen LogP contribution >= 0.6 is 15.9 Å². The summed E-state index contributed by atoms with van der Waals surface area (Å²) in [4.78, 5) is 19.2. The number of halogens is 1. The van der Waals surface area contributed by atoms with Gasteiger partial charge in [0.1, 0.15) is 11.6 Å². The highest BCUT2D eigenvalue weighted by Crippen LogP contribution is 2.29. The van der Waals surface area contributed by atoms with Gasteiger partial charge in [-0.05, 0) is 77.5 Å². The standard InChI is InChI=1S/C19H22BrN3O2/c1-13-9-15(18(24)16(20)10-13)19(25)22-12-14-5-6-21-17(11-14)23-7-3-2-4-8-23/h5-6,9-11,24H,2-4,7-8,12H2,1H3,(H,22,25). The zero-order valence-corrected chi connectivity index (χ0v) is 15.8. The van der Waals surface area contributed by atoms with E-state index in [-0.39, 0.29) is 17.2 Å². The quantitative estimate of drug-likeness (QED) is 0.814. The number of aromatic nitrogens is 1. The van der Waals surface area contributed by atoms with Crippen LogP contribution in [0.25, 0.3) is 0 Å². The lowest BCUT2D eigenvalue weighted by molar-refractivity contribution is 0.0948. The smallest absolute Gasteiger partial charge is 0.255 e. The highest BCUT2D eigenvalue weighted by atomic mass is 79.9. The average molecular weight is 404 g/mol. The first kappa shape index (κ1) is 17.7. The van der Waals surface area contributed by atoms with Crippen LogP contribution in [0.1, 0.15) is 40.7 Å². The van der Waals surface area contributed by atoms with Gasteiger partial charge in [-0.3, -0.25) is 4.79 Å². The largest absolute Gasteiger partial charge is 0.506 e. The highest BCUT2D eigenvalue weighted by Gasteiger charge is 2.15. The first-order valence-electron chi connectivity index (χ1n) is 8.52. The van der Waals surface area contributed by atoms with Crippen molar-refractivity contribution < 1.29 is 9.90 Å². The van der Waals surface area contributed by atoms with E-state index in [1.807, 2.05) is 19.1 Å². The number of hydrogen-bond acceptors (Lipinski definition) is 4. The van der Waals surface area contributed by atoms with E-state index >= 15 is 0 Å². The summed E-state index contributed by atoms with van der Waals surface area (Å²) in [5, 5.41) is 13.0. The molecule has 0 saturated carbocycles. The molecule has 1 amide bonds. The molecule has 3 rings (SSSR count). The zero-order valence-electron chi connectivity index (χ0n) is 14.3. The molecule has 1 aromatic heterocycles. The second-order valence-corrected chi connectivity index (χ2v) is 7.25. The number of nitrogens with zero attached hydrogens (tertiary/aromatic N) is 2. The topological polar surface area (TPSA) is 65.5 Å². The minimum atomic E-state index is -0.293. The Morgan fingerprint density at radius 3 is 2.80 bits per heavy atom. The van der Waals surface area contributed by atoms with Gasteiger partial charge in [0, 0.05) is 25.8 Å². The third-order valence-corrected chi connectivity index (χ3v) is 5.00. The lowest BCUT2D eigenvalue weighted by Gasteiger charge is -2.27. The summed E-state index contributed by atoms with van der Waals surface area (Å²) in [6, 6.07) is 7.39. The molecular formula is C19H22BrN3O2. The summed E-state index contributed by atoms with van der Waals surface area (Å²) in [7, 11) is 0. The number of aryl methyl sites for hydroxylation is 1. The van der Waals surface area contributed by atoms with Crippen LogP contribution in [0.4, 0.5) is 5.82 Å². The number of aromatic hydroxyl groups is 1. The van der Waals surface area contributed by atoms with E-state index < -0.39 is 0 Å². The predicted octanol–water partition coefficient (Wildman–Crippen LogP) is 3.78. The number of phenolic OH excluding ortho intramolecular Hbond substituents is 1. The molecule has 5 nitrogen and oxygen atoms in total. The van der Waals surface area contributed by atoms with Gasteiger partial charge in [0.25, 0.3) is 5.91 Å². The molecule has 0 bridgehead atoms. The van der Waals surface area contributed by atoms with Crippen LogP contribution in [-0.4, -0.2) is 29.1 Å². The van der Waals surface area contributed by atoms with E-state index in [0.717, 1.165) is 30.0 Å². The molecule has 0 aliphatic carbocycles. The number of anilines is 1. The maximum Gasteiger partial charge on any atom is 0.255 e. The number of pyridine rings is 1. The molecule has 6 heteroatoms. The summed E-state index contributed by atoms with van der Waals surface area (Å²) >= 11 is 3.27. The Hall–Kier alpha value is -2.08. The Bertz CT molecular complexity index is 773. The number of nitrogens with one attached hydrogen (secondary N) is 1. The van der Waals surface area contributed by atoms with Gasteiger partial charge in [-0.2, -0.15) is 0 Å². The molecule has 1 fully saturated rings. The maximum absolute atomic E-state index is 12.4. The Labute approximate surface area is 156 Å². The van der Waals surface area contributed by atoms with E-state index in [4.69, 9.17) is 0 Å². The van der Waals surface area contributed by atoms with Crippen LogP contribution in [-0.2, 0) is 6.54 Å². The zero-order chi connectivity index (χ0) is 17.8. The van der Waals surface area contributed by atoms with Gasteiger partial charge < -0.3 is 15.3 Å². The summed E-state index contributed by atoms with van der Waals surface area (Å²) in [5.74, 6) is 0.637. The van der Waals surface area contributed by atoms with Gasteiger partial charge in [0.15, 0.2) is 0 Å². The SMILES string of the molecule is Cc1cc(Br)c(O)c(C(=O)NCc2ccnc(N3CCCCC3)c2)c1. The van der Waals surface area contributed by atoms with Gasteiger partial charge in [-0.1, -0.05) is 0 Å². The van der Waals surface area contributed by atoms with Crippen molar-refractivity contribution in [1.29, 1.82) is 0 Å². The van der Waals surface area contributed by atoms with Gasteiger partial charge in [0.05, 0.1) is 10.0 Å². The molecule has 2 aromatic rings. The van der Waals surface area contributed by atoms with Gasteiger partial charge in [-0.25, -0.2) is 4.98 Å². The molecule has 2 N–H and O–H groups in total. The van der Waals surface area contributed by atoms with Crippen molar-refractivity contribution in [3.63, 3.8) is 0 Å². The Kier molecular flexibility index (Phi) is 5.58. The summed E-state index contributed by atoms with van der Waals surface area (Å²) in [6.07, 6.45) is 5.46. The lowest BCUT2D eigenvalue weighted by atomic mass is 10.1. The first-order valence-corrected chi connectivity index (χ1v) is 9.31. The van der Waals surface area contributed by atoms with Crippen LogP contribution in [0.2, 0.25) is 0 Å². The number of benzene rings is 1. The normalized spacial score (nSPS) is 14.4. The first-order chi connectivity index (χ1) is 12.0. The van der Waals surface area contributed by atoms with Crippen LogP contribution in [0.3, 0.4) is 0 Å². The molecule has 1 aromatic carbocycles. The number of carbonyl (C=O) groups excluding carboxylic acids is 1. The van der Waals surface area contributed by atoms with Crippen molar-refractivity contribution in [3.05, 3.63) is 51.6 Å². The molecule has 0 unspecified atom stereocenters. The third-order valence-electron chi connectivity index (χ3n) is 4.40. The number of carbonyl (C=O) groups is 1. The molecule has 0 atom stereocenters. The average Bonchev–Trinajstić information content (AvgIpc) is 2.63. The number of hydrogen-bond donors (Lipinski definition) is 2. The summed E-state index contributed by atoms with van der Waals surface area (Å²) in [5.41, 5.74) is 2.18. The van der Waals surface area contributed by atoms with Crippen LogP contribution in [0.5, 0.6) is 5.75 Å². The molecule has 2 heterocycles. The number of phenols is 1. The van der Waals surface area contributed by atoms with Crippen LogP contribution in [0, 0.1) is 6.92 Å². The fourth-order valence-corrected chi connectivity index (χ4v) is 3.63. The van der Waals surface area contributed by atoms with Crippen molar-refractivity contribution in [2.45, 2.75) is 32.7 Å². The number of piperidine rings is 1. The Morgan fingerprint density at radius 2 is 2.04 bits per heavy atom. The van der Waals surface area contributed by atoms with Crippen molar-refractivity contribution in [2.75, 3.05) is 18.0 Å². The lowest BCUT2D eigenvalue weighted by Crippen LogP contribution is -2.30. The van der Waals surface area contributed by atoms with E-state index in [9.17, 15) is 9.90 Å². The molecule has 0 spiro atoms. The second kappa shape index (κ2) is 7.87. The van der Waals surface area contributed by atoms with Crippen molar-refractivity contribution in [2.24, 2.45) is 0 Å². The summed E-state index contributed by atoms with van der Waals surface area (Å²) in [6.45, 7) is 4.35. The van der Waals surface area contributed by atoms with Crippen LogP contribution < -0.4 is 10.2 Å². The van der Waals surface area contributed by atoms with Gasteiger partial charge in [0.2, 0.25) is 0 Å². The van der Waals surface area contributed by atoms with Gasteiger partial charge in [-0.15, -0.1) is 0 Å². The fraction of sp³-hybridized carbons (Fsp3) is 0.368. The van der Waals surface area contributed by atoms with Crippen LogP contribution in [0.15, 0.2) is 34.9 Å². The van der Waals surface area contributed by atoms with E-state index in [1.165, 1.54) is 19.3 Å². The molecule has 25 heavy (non-hydrogen) atoms. The monoisotopic (exact) mass is 403 g/mol. The van der Waals surface area contributed by atoms with Crippen molar-refractivity contribution in [1.82, 2.24) is 10.3 Å². The minimum Gasteiger partial charge on any atom is -0.506 e. The summed E-state index contributed by atoms with van der Waals surface area (Å²) < 4.78 is 0.522. The second-order valence-electron chi connectivity index (χ2n) is 6.40. The van der Waals surface area contributed by atoms with Crippen molar-refractivity contribution in [3.8, 4) is 5.75 Å². The molecular weight excluding hydrogens is 382 g/mol. The van der Waals surface area contributed by atoms with E-state index in [0.29, 0.717) is 11.0 Å². The Balaban J connectivity index is 1.68. The Morgan fingerprint density at radius 1 is 1.28 bits per heavy atom. The fourth-order valence-electron chi connectivity index (χ4n) is 3.05. The minimum absolute atomic E-state index is 0.0353. The predicted molar refractivity (Wildman–Crippen MR) is 102 cm³/mol. The molecule has 0 radical (unpaired) electrons. The van der Waals surface area contributed by atoms with Gasteiger partial charge >= 0.3 is 0 Å². The van der Waals surface area contributed by atoms with Crippen molar-refractivity contribution >= 4 is 27.7 Å². The number of amides is 1. The highest BCUT2D eigenvalue weighted by molar-refractivity contribution is 9.10. The third kappa shape index (κ3) is 4.31. The molecule has 1 aliphatic rings. The number of rotatable bonds is 4. The van der Waals surface area contributed by atoms with E-state index in [1.54, 1.807) is 18.3 Å². The molecule has 1 saturated heterocycles. The molecule has 132 valence electrons. The van der Waals surface area contributed by atoms with E-state index in [2.05, 4.69) is 31.1 Å². The maximum atomic E-state index is 12.4.